The summed E-state index contributed by atoms with van der Waals surface area (Å²) >= 11 is 0. The number of rotatable bonds is 3. The normalized spacial score (nSPS) is 9.94. The molecule has 1 aromatic heterocycles. The van der Waals surface area contributed by atoms with Gasteiger partial charge in [0.2, 0.25) is 0 Å². The van der Waals surface area contributed by atoms with Crippen molar-refractivity contribution in [2.75, 3.05) is 0 Å². The van der Waals surface area contributed by atoms with Crippen LogP contribution < -0.4 is 10.4 Å². The van der Waals surface area contributed by atoms with E-state index in [2.05, 4.69) is 9.97 Å². The second-order valence-electron chi connectivity index (χ2n) is 3.47. The molecule has 0 unspecified atom stereocenters. The Kier molecular flexibility index (Phi) is 3.00. The van der Waals surface area contributed by atoms with Crippen molar-refractivity contribution >= 4 is 6.29 Å². The number of aldehydes is 1. The molecule has 0 aliphatic carbocycles. The fourth-order valence-corrected chi connectivity index (χ4v) is 1.31. The number of benzene rings is 1. The van der Waals surface area contributed by atoms with E-state index < -0.39 is 5.69 Å². The van der Waals surface area contributed by atoms with Gasteiger partial charge in [0.15, 0.2) is 5.75 Å². The lowest BCUT2D eigenvalue weighted by atomic mass is 10.2. The molecule has 0 amide bonds. The summed E-state index contributed by atoms with van der Waals surface area (Å²) in [5.74, 6) is 1.05. The topological polar surface area (TPSA) is 72.1 Å². The standard InChI is InChI=1S/C12H10N2O3/c1-8-11(6-13-12(16)14-8)17-10-4-2-9(7-15)3-5-10/h2-7H,1H3,(H,13,14,16). The van der Waals surface area contributed by atoms with Crippen molar-refractivity contribution in [3.05, 3.63) is 52.2 Å². The number of nitrogens with one attached hydrogen (secondary N) is 1. The lowest BCUT2D eigenvalue weighted by Gasteiger charge is -2.07. The van der Waals surface area contributed by atoms with Gasteiger partial charge in [-0.1, -0.05) is 0 Å². The molecule has 1 aromatic carbocycles. The van der Waals surface area contributed by atoms with Crippen LogP contribution in [0.4, 0.5) is 0 Å². The molecule has 0 aliphatic heterocycles. The van der Waals surface area contributed by atoms with Crippen molar-refractivity contribution in [3.8, 4) is 11.5 Å². The second-order valence-corrected chi connectivity index (χ2v) is 3.47. The quantitative estimate of drug-likeness (QED) is 0.814. The Hall–Kier alpha value is -2.43. The van der Waals surface area contributed by atoms with Crippen molar-refractivity contribution < 1.29 is 9.53 Å². The summed E-state index contributed by atoms with van der Waals surface area (Å²) in [6.07, 6.45) is 2.12. The van der Waals surface area contributed by atoms with E-state index >= 15 is 0 Å². The molecule has 5 heteroatoms. The predicted octanol–water partition coefficient (Wildman–Crippen LogP) is 1.68. The Morgan fingerprint density at radius 1 is 1.29 bits per heavy atom. The number of ether oxygens (including phenoxy) is 1. The highest BCUT2D eigenvalue weighted by atomic mass is 16.5. The number of hydrogen-bond acceptors (Lipinski definition) is 4. The summed E-state index contributed by atoms with van der Waals surface area (Å²) in [6, 6.07) is 6.65. The molecule has 86 valence electrons. The number of carbonyl (C=O) groups excluding carboxylic acids is 1. The number of aromatic amines is 1. The fourth-order valence-electron chi connectivity index (χ4n) is 1.31. The molecule has 2 rings (SSSR count). The van der Waals surface area contributed by atoms with Gasteiger partial charge in [-0.2, -0.15) is 4.98 Å². The Balaban J connectivity index is 2.25. The molecular formula is C12H10N2O3. The van der Waals surface area contributed by atoms with Crippen molar-refractivity contribution in [3.63, 3.8) is 0 Å². The van der Waals surface area contributed by atoms with Gasteiger partial charge in [-0.25, -0.2) is 4.79 Å². The first-order valence-corrected chi connectivity index (χ1v) is 4.98. The molecule has 0 radical (unpaired) electrons. The Morgan fingerprint density at radius 2 is 2.00 bits per heavy atom. The number of carbonyl (C=O) groups is 1. The molecule has 5 nitrogen and oxygen atoms in total. The first kappa shape index (κ1) is 11.1. The van der Waals surface area contributed by atoms with E-state index in [4.69, 9.17) is 4.74 Å². The molecule has 0 fully saturated rings. The third-order valence-corrected chi connectivity index (χ3v) is 2.21. The predicted molar refractivity (Wildman–Crippen MR) is 61.5 cm³/mol. The van der Waals surface area contributed by atoms with Crippen LogP contribution >= 0.6 is 0 Å². The number of aryl methyl sites for hydroxylation is 1. The van der Waals surface area contributed by atoms with Gasteiger partial charge in [0.1, 0.15) is 12.0 Å². The Morgan fingerprint density at radius 3 is 2.59 bits per heavy atom. The van der Waals surface area contributed by atoms with Crippen LogP contribution in [0.1, 0.15) is 16.1 Å². The van der Waals surface area contributed by atoms with Crippen LogP contribution in [0.25, 0.3) is 0 Å². The van der Waals surface area contributed by atoms with Crippen LogP contribution in [0.3, 0.4) is 0 Å². The van der Waals surface area contributed by atoms with Crippen molar-refractivity contribution in [1.29, 1.82) is 0 Å². The minimum Gasteiger partial charge on any atom is -0.454 e. The molecule has 0 spiro atoms. The highest BCUT2D eigenvalue weighted by Gasteiger charge is 2.02. The van der Waals surface area contributed by atoms with E-state index in [1.807, 2.05) is 0 Å². The first-order chi connectivity index (χ1) is 8.19. The molecule has 17 heavy (non-hydrogen) atoms. The second kappa shape index (κ2) is 4.61. The van der Waals surface area contributed by atoms with Crippen molar-refractivity contribution in [2.45, 2.75) is 6.92 Å². The lowest BCUT2D eigenvalue weighted by Crippen LogP contribution is -2.11. The molecule has 1 heterocycles. The van der Waals surface area contributed by atoms with Gasteiger partial charge in [0.05, 0.1) is 11.9 Å². The van der Waals surface area contributed by atoms with Gasteiger partial charge < -0.3 is 9.72 Å². The Labute approximate surface area is 97.1 Å². The third kappa shape index (κ3) is 2.57. The monoisotopic (exact) mass is 230 g/mol. The summed E-state index contributed by atoms with van der Waals surface area (Å²) < 4.78 is 5.52. The molecular weight excluding hydrogens is 220 g/mol. The van der Waals surface area contributed by atoms with E-state index in [0.717, 1.165) is 6.29 Å². The number of hydrogen-bond donors (Lipinski definition) is 1. The Bertz CT molecular complexity index is 587. The molecule has 1 N–H and O–H groups in total. The zero-order valence-corrected chi connectivity index (χ0v) is 9.14. The zero-order valence-electron chi connectivity index (χ0n) is 9.14. The summed E-state index contributed by atoms with van der Waals surface area (Å²) in [5.41, 5.74) is 0.768. The number of aromatic nitrogens is 2. The smallest absolute Gasteiger partial charge is 0.345 e. The van der Waals surface area contributed by atoms with E-state index in [1.165, 1.54) is 6.20 Å². The molecule has 0 bridgehead atoms. The van der Waals surface area contributed by atoms with Gasteiger partial charge in [-0.3, -0.25) is 4.79 Å². The van der Waals surface area contributed by atoms with Gasteiger partial charge in [0, 0.05) is 5.56 Å². The summed E-state index contributed by atoms with van der Waals surface area (Å²) in [5, 5.41) is 0. The molecule has 0 saturated carbocycles. The van der Waals surface area contributed by atoms with Crippen LogP contribution in [-0.4, -0.2) is 16.3 Å². The largest absolute Gasteiger partial charge is 0.454 e. The van der Waals surface area contributed by atoms with Crippen LogP contribution in [0, 0.1) is 6.92 Å². The van der Waals surface area contributed by atoms with Crippen molar-refractivity contribution in [2.24, 2.45) is 0 Å². The average Bonchev–Trinajstić information content (AvgIpc) is 2.34. The number of nitrogens with zero attached hydrogens (tertiary/aromatic N) is 1. The highest BCUT2D eigenvalue weighted by molar-refractivity contribution is 5.74. The van der Waals surface area contributed by atoms with E-state index in [0.29, 0.717) is 22.8 Å². The van der Waals surface area contributed by atoms with E-state index in [1.54, 1.807) is 31.2 Å². The minimum atomic E-state index is -0.411. The SMILES string of the molecule is Cc1[nH]c(=O)ncc1Oc1ccc(C=O)cc1. The van der Waals surface area contributed by atoms with Crippen LogP contribution in [0.15, 0.2) is 35.3 Å². The molecule has 0 saturated heterocycles. The van der Waals surface area contributed by atoms with E-state index in [9.17, 15) is 9.59 Å². The average molecular weight is 230 g/mol. The van der Waals surface area contributed by atoms with Gasteiger partial charge in [-0.05, 0) is 31.2 Å². The van der Waals surface area contributed by atoms with Gasteiger partial charge >= 0.3 is 5.69 Å². The first-order valence-electron chi connectivity index (χ1n) is 4.98. The maximum atomic E-state index is 10.9. The minimum absolute atomic E-state index is 0.411. The third-order valence-electron chi connectivity index (χ3n) is 2.21. The van der Waals surface area contributed by atoms with Crippen LogP contribution in [0.2, 0.25) is 0 Å². The fraction of sp³-hybridized carbons (Fsp3) is 0.0833. The molecule has 0 aliphatic rings. The number of H-pyrrole nitrogens is 1. The maximum Gasteiger partial charge on any atom is 0.345 e. The zero-order chi connectivity index (χ0) is 12.3. The molecule has 2 aromatic rings. The van der Waals surface area contributed by atoms with Crippen LogP contribution in [-0.2, 0) is 0 Å². The van der Waals surface area contributed by atoms with Gasteiger partial charge in [0.25, 0.3) is 0 Å². The van der Waals surface area contributed by atoms with Gasteiger partial charge in [-0.15, -0.1) is 0 Å². The summed E-state index contributed by atoms with van der Waals surface area (Å²) in [4.78, 5) is 27.5. The molecule has 0 atom stereocenters. The lowest BCUT2D eigenvalue weighted by molar-refractivity contribution is 0.112. The summed E-state index contributed by atoms with van der Waals surface area (Å²) in [7, 11) is 0. The highest BCUT2D eigenvalue weighted by Crippen LogP contribution is 2.21. The van der Waals surface area contributed by atoms with E-state index in [-0.39, 0.29) is 0 Å². The van der Waals surface area contributed by atoms with Crippen molar-refractivity contribution in [1.82, 2.24) is 9.97 Å². The summed E-state index contributed by atoms with van der Waals surface area (Å²) in [6.45, 7) is 1.72. The maximum absolute atomic E-state index is 10.9. The van der Waals surface area contributed by atoms with Crippen LogP contribution in [0.5, 0.6) is 11.5 Å².